The van der Waals surface area contributed by atoms with E-state index in [2.05, 4.69) is 19.2 Å². The lowest BCUT2D eigenvalue weighted by atomic mass is 10.0. The van der Waals surface area contributed by atoms with Crippen LogP contribution >= 0.6 is 0 Å². The molecule has 5 nitrogen and oxygen atoms in total. The van der Waals surface area contributed by atoms with Crippen molar-refractivity contribution in [3.05, 3.63) is 29.8 Å². The molecule has 1 aromatic rings. The van der Waals surface area contributed by atoms with Crippen LogP contribution in [0.3, 0.4) is 0 Å². The Morgan fingerprint density at radius 2 is 1.91 bits per heavy atom. The van der Waals surface area contributed by atoms with Crippen molar-refractivity contribution < 1.29 is 19.4 Å². The molecule has 0 saturated carbocycles. The van der Waals surface area contributed by atoms with Crippen molar-refractivity contribution in [2.45, 2.75) is 58.5 Å². The highest BCUT2D eigenvalue weighted by Gasteiger charge is 2.14. The number of carboxylic acid groups (broad SMARTS) is 1. The number of aliphatic carboxylic acids is 1. The van der Waals surface area contributed by atoms with E-state index in [1.54, 1.807) is 6.92 Å². The van der Waals surface area contributed by atoms with Gasteiger partial charge in [0.15, 0.2) is 6.10 Å². The first kappa shape index (κ1) is 19.0. The average molecular weight is 321 g/mol. The summed E-state index contributed by atoms with van der Waals surface area (Å²) >= 11 is 0. The van der Waals surface area contributed by atoms with E-state index in [1.807, 2.05) is 24.3 Å². The highest BCUT2D eigenvalue weighted by atomic mass is 16.5. The predicted octanol–water partition coefficient (Wildman–Crippen LogP) is 3.34. The van der Waals surface area contributed by atoms with E-state index in [4.69, 9.17) is 9.84 Å². The fourth-order valence-electron chi connectivity index (χ4n) is 2.14. The zero-order chi connectivity index (χ0) is 17.2. The SMILES string of the molecule is CC(Oc1cccc(C(C)C)c1)C(=O)NCCCCCC(=O)O. The van der Waals surface area contributed by atoms with Crippen molar-refractivity contribution >= 4 is 11.9 Å². The predicted molar refractivity (Wildman–Crippen MR) is 89.7 cm³/mol. The van der Waals surface area contributed by atoms with E-state index in [0.29, 0.717) is 24.6 Å². The van der Waals surface area contributed by atoms with Gasteiger partial charge in [-0.25, -0.2) is 0 Å². The molecule has 0 aromatic heterocycles. The van der Waals surface area contributed by atoms with E-state index in [-0.39, 0.29) is 12.3 Å². The molecule has 0 heterocycles. The largest absolute Gasteiger partial charge is 0.481 e. The van der Waals surface area contributed by atoms with Gasteiger partial charge in [-0.1, -0.05) is 32.4 Å². The van der Waals surface area contributed by atoms with Gasteiger partial charge < -0.3 is 15.2 Å². The molecule has 0 bridgehead atoms. The number of hydrogen-bond donors (Lipinski definition) is 2. The third-order valence-electron chi connectivity index (χ3n) is 3.57. The molecule has 0 saturated heterocycles. The number of hydrogen-bond acceptors (Lipinski definition) is 3. The topological polar surface area (TPSA) is 75.6 Å². The summed E-state index contributed by atoms with van der Waals surface area (Å²) in [6.07, 6.45) is 1.82. The number of ether oxygens (including phenoxy) is 1. The van der Waals surface area contributed by atoms with Crippen molar-refractivity contribution in [3.8, 4) is 5.75 Å². The molecule has 1 amide bonds. The maximum absolute atomic E-state index is 12.0. The van der Waals surface area contributed by atoms with Gasteiger partial charge in [-0.3, -0.25) is 9.59 Å². The molecule has 0 spiro atoms. The number of benzene rings is 1. The molecule has 23 heavy (non-hydrogen) atoms. The number of rotatable bonds is 10. The first-order valence-electron chi connectivity index (χ1n) is 8.16. The van der Waals surface area contributed by atoms with E-state index < -0.39 is 12.1 Å². The zero-order valence-corrected chi connectivity index (χ0v) is 14.2. The van der Waals surface area contributed by atoms with Gasteiger partial charge >= 0.3 is 5.97 Å². The molecule has 2 N–H and O–H groups in total. The Labute approximate surface area is 138 Å². The Morgan fingerprint density at radius 1 is 1.17 bits per heavy atom. The maximum Gasteiger partial charge on any atom is 0.303 e. The summed E-state index contributed by atoms with van der Waals surface area (Å²) in [6, 6.07) is 7.78. The van der Waals surface area contributed by atoms with E-state index in [1.165, 1.54) is 5.56 Å². The van der Waals surface area contributed by atoms with Gasteiger partial charge in [0.25, 0.3) is 5.91 Å². The molecule has 0 aliphatic rings. The maximum atomic E-state index is 12.0. The zero-order valence-electron chi connectivity index (χ0n) is 14.2. The highest BCUT2D eigenvalue weighted by Crippen LogP contribution is 2.20. The van der Waals surface area contributed by atoms with E-state index in [0.717, 1.165) is 12.8 Å². The minimum Gasteiger partial charge on any atom is -0.481 e. The number of carboxylic acids is 1. The van der Waals surface area contributed by atoms with Crippen molar-refractivity contribution in [2.24, 2.45) is 0 Å². The fourth-order valence-corrected chi connectivity index (χ4v) is 2.14. The van der Waals surface area contributed by atoms with Crippen LogP contribution in [-0.4, -0.2) is 29.6 Å². The van der Waals surface area contributed by atoms with Crippen molar-refractivity contribution in [3.63, 3.8) is 0 Å². The Bertz CT molecular complexity index is 513. The summed E-state index contributed by atoms with van der Waals surface area (Å²) < 4.78 is 5.69. The van der Waals surface area contributed by atoms with Crippen LogP contribution in [0.5, 0.6) is 5.75 Å². The van der Waals surface area contributed by atoms with Crippen LogP contribution in [0.15, 0.2) is 24.3 Å². The molecule has 128 valence electrons. The van der Waals surface area contributed by atoms with Gasteiger partial charge in [0.2, 0.25) is 0 Å². The van der Waals surface area contributed by atoms with Crippen LogP contribution in [0.2, 0.25) is 0 Å². The van der Waals surface area contributed by atoms with E-state index >= 15 is 0 Å². The van der Waals surface area contributed by atoms with Crippen LogP contribution in [0.4, 0.5) is 0 Å². The minimum atomic E-state index is -0.778. The monoisotopic (exact) mass is 321 g/mol. The van der Waals surface area contributed by atoms with Gasteiger partial charge in [0.05, 0.1) is 0 Å². The molecule has 0 aliphatic heterocycles. The van der Waals surface area contributed by atoms with Crippen molar-refractivity contribution in [1.29, 1.82) is 0 Å². The number of amides is 1. The minimum absolute atomic E-state index is 0.154. The molecular formula is C18H27NO4. The molecule has 1 rings (SSSR count). The number of carbonyl (C=O) groups is 2. The Kier molecular flexibility index (Phi) is 8.16. The lowest BCUT2D eigenvalue weighted by Crippen LogP contribution is -2.36. The second-order valence-electron chi connectivity index (χ2n) is 5.98. The molecule has 0 aliphatic carbocycles. The van der Waals surface area contributed by atoms with Crippen LogP contribution in [-0.2, 0) is 9.59 Å². The first-order valence-corrected chi connectivity index (χ1v) is 8.16. The summed E-state index contributed by atoms with van der Waals surface area (Å²) in [6.45, 7) is 6.49. The lowest BCUT2D eigenvalue weighted by Gasteiger charge is -2.16. The third-order valence-corrected chi connectivity index (χ3v) is 3.57. The van der Waals surface area contributed by atoms with Crippen molar-refractivity contribution in [1.82, 2.24) is 5.32 Å². The number of nitrogens with one attached hydrogen (secondary N) is 1. The first-order chi connectivity index (χ1) is 10.9. The quantitative estimate of drug-likeness (QED) is 0.648. The number of unbranched alkanes of at least 4 members (excludes halogenated alkanes) is 2. The summed E-state index contributed by atoms with van der Waals surface area (Å²) in [5, 5.41) is 11.4. The normalized spacial score (nSPS) is 12.0. The second kappa shape index (κ2) is 9.87. The van der Waals surface area contributed by atoms with Crippen molar-refractivity contribution in [2.75, 3.05) is 6.54 Å². The molecule has 0 fully saturated rings. The van der Waals surface area contributed by atoms with Gasteiger partial charge in [0.1, 0.15) is 5.75 Å². The number of carbonyl (C=O) groups excluding carboxylic acids is 1. The average Bonchev–Trinajstić information content (AvgIpc) is 2.50. The molecule has 5 heteroatoms. The van der Waals surface area contributed by atoms with E-state index in [9.17, 15) is 9.59 Å². The highest BCUT2D eigenvalue weighted by molar-refractivity contribution is 5.80. The Balaban J connectivity index is 2.31. The Morgan fingerprint density at radius 3 is 2.57 bits per heavy atom. The summed E-state index contributed by atoms with van der Waals surface area (Å²) in [7, 11) is 0. The van der Waals surface area contributed by atoms with Gasteiger partial charge in [0, 0.05) is 13.0 Å². The van der Waals surface area contributed by atoms with Gasteiger partial charge in [-0.15, -0.1) is 0 Å². The summed E-state index contributed by atoms with van der Waals surface area (Å²) in [5.41, 5.74) is 1.17. The molecule has 1 atom stereocenters. The molecule has 0 radical (unpaired) electrons. The second-order valence-corrected chi connectivity index (χ2v) is 5.98. The summed E-state index contributed by atoms with van der Waals surface area (Å²) in [4.78, 5) is 22.4. The smallest absolute Gasteiger partial charge is 0.303 e. The lowest BCUT2D eigenvalue weighted by molar-refractivity contribution is -0.137. The molecule has 1 unspecified atom stereocenters. The standard InChI is InChI=1S/C18H27NO4/c1-13(2)15-8-7-9-16(12-15)23-14(3)18(22)19-11-6-4-5-10-17(20)21/h7-9,12-14H,4-6,10-11H2,1-3H3,(H,19,22)(H,20,21). The molecule has 1 aromatic carbocycles. The van der Waals surface area contributed by atoms with Crippen LogP contribution in [0.1, 0.15) is 57.9 Å². The van der Waals surface area contributed by atoms with Crippen LogP contribution in [0, 0.1) is 0 Å². The van der Waals surface area contributed by atoms with Gasteiger partial charge in [-0.05, 0) is 43.4 Å². The Hall–Kier alpha value is -2.04. The summed E-state index contributed by atoms with van der Waals surface area (Å²) in [5.74, 6) is 0.173. The molecular weight excluding hydrogens is 294 g/mol. The van der Waals surface area contributed by atoms with Crippen LogP contribution in [0.25, 0.3) is 0 Å². The third kappa shape index (κ3) is 7.68. The fraction of sp³-hybridized carbons (Fsp3) is 0.556. The van der Waals surface area contributed by atoms with Crippen LogP contribution < -0.4 is 10.1 Å². The van der Waals surface area contributed by atoms with Gasteiger partial charge in [-0.2, -0.15) is 0 Å².